The lowest BCUT2D eigenvalue weighted by Gasteiger charge is -2.43. The van der Waals surface area contributed by atoms with Crippen LogP contribution < -0.4 is 4.90 Å². The standard InChI is InChI=1S/C28H33N5O5/c1-21-11-15-29(16-12-21)25(34)19-31-20-32(23-5-3-2-4-6-23)28(27(31)36)13-17-30(18-14-28)26(35)22-7-9-24(10-8-22)33(37)38/h2-10,21H,11-20H2,1H3. The van der Waals surface area contributed by atoms with E-state index in [1.165, 1.54) is 24.3 Å². The fourth-order valence-corrected chi connectivity index (χ4v) is 5.83. The Bertz CT molecular complexity index is 1200. The SMILES string of the molecule is CC1CCN(C(=O)CN2CN(c3ccccc3)C3(CCN(C(=O)c4ccc([N+](=O)[O-])cc4)CC3)C2=O)CC1. The molecule has 0 saturated carbocycles. The summed E-state index contributed by atoms with van der Waals surface area (Å²) in [6.07, 6.45) is 2.84. The number of anilines is 1. The second-order valence-corrected chi connectivity index (χ2v) is 10.6. The molecule has 0 radical (unpaired) electrons. The first kappa shape index (κ1) is 25.7. The van der Waals surface area contributed by atoms with Crippen molar-refractivity contribution in [3.63, 3.8) is 0 Å². The van der Waals surface area contributed by atoms with Crippen LogP contribution in [0.4, 0.5) is 11.4 Å². The number of piperidine rings is 2. The van der Waals surface area contributed by atoms with E-state index in [-0.39, 0.29) is 30.0 Å². The molecule has 200 valence electrons. The molecule has 3 fully saturated rings. The molecule has 38 heavy (non-hydrogen) atoms. The minimum Gasteiger partial charge on any atom is -0.341 e. The maximum atomic E-state index is 13.9. The molecule has 3 amide bonds. The van der Waals surface area contributed by atoms with Gasteiger partial charge in [-0.05, 0) is 55.9 Å². The van der Waals surface area contributed by atoms with Crippen LogP contribution in [0.15, 0.2) is 54.6 Å². The number of carbonyl (C=O) groups excluding carboxylic acids is 3. The van der Waals surface area contributed by atoms with E-state index in [0.29, 0.717) is 44.1 Å². The normalized spacial score (nSPS) is 19.8. The molecule has 3 heterocycles. The molecular weight excluding hydrogens is 486 g/mol. The van der Waals surface area contributed by atoms with Gasteiger partial charge in [0.1, 0.15) is 12.1 Å². The second-order valence-electron chi connectivity index (χ2n) is 10.6. The number of nitrogens with zero attached hydrogens (tertiary/aromatic N) is 5. The number of hydrogen-bond donors (Lipinski definition) is 0. The zero-order chi connectivity index (χ0) is 26.9. The number of benzene rings is 2. The fraction of sp³-hybridized carbons (Fsp3) is 0.464. The number of nitro groups is 1. The molecule has 0 N–H and O–H groups in total. The highest BCUT2D eigenvalue weighted by molar-refractivity contribution is 5.97. The number of nitro benzene ring substituents is 1. The molecule has 10 nitrogen and oxygen atoms in total. The van der Waals surface area contributed by atoms with Crippen molar-refractivity contribution < 1.29 is 19.3 Å². The Labute approximate surface area is 221 Å². The Kier molecular flexibility index (Phi) is 7.05. The fourth-order valence-electron chi connectivity index (χ4n) is 5.83. The molecule has 2 aromatic carbocycles. The highest BCUT2D eigenvalue weighted by atomic mass is 16.6. The Morgan fingerprint density at radius 3 is 2.18 bits per heavy atom. The van der Waals surface area contributed by atoms with E-state index in [0.717, 1.165) is 31.6 Å². The Hall–Kier alpha value is -3.95. The van der Waals surface area contributed by atoms with E-state index in [1.807, 2.05) is 35.2 Å². The van der Waals surface area contributed by atoms with Gasteiger partial charge in [0, 0.05) is 49.6 Å². The van der Waals surface area contributed by atoms with Gasteiger partial charge >= 0.3 is 0 Å². The number of carbonyl (C=O) groups is 3. The molecule has 0 aliphatic carbocycles. The third-order valence-electron chi connectivity index (χ3n) is 8.25. The summed E-state index contributed by atoms with van der Waals surface area (Å²) in [6, 6.07) is 15.3. The first-order valence-corrected chi connectivity index (χ1v) is 13.2. The van der Waals surface area contributed by atoms with Crippen LogP contribution in [0.2, 0.25) is 0 Å². The summed E-state index contributed by atoms with van der Waals surface area (Å²) in [5.41, 5.74) is 0.401. The third kappa shape index (κ3) is 4.82. The maximum absolute atomic E-state index is 13.9. The van der Waals surface area contributed by atoms with Gasteiger partial charge in [-0.15, -0.1) is 0 Å². The van der Waals surface area contributed by atoms with Crippen LogP contribution in [0.1, 0.15) is 43.0 Å². The largest absolute Gasteiger partial charge is 0.341 e. The molecule has 5 rings (SSSR count). The number of hydrogen-bond acceptors (Lipinski definition) is 6. The van der Waals surface area contributed by atoms with Crippen molar-refractivity contribution in [2.75, 3.05) is 44.3 Å². The Morgan fingerprint density at radius 2 is 1.58 bits per heavy atom. The Balaban J connectivity index is 1.32. The summed E-state index contributed by atoms with van der Waals surface area (Å²) in [4.78, 5) is 57.9. The molecule has 3 saturated heterocycles. The van der Waals surface area contributed by atoms with Gasteiger partial charge in [0.2, 0.25) is 5.91 Å². The molecule has 0 aromatic heterocycles. The van der Waals surface area contributed by atoms with Crippen molar-refractivity contribution in [3.05, 3.63) is 70.3 Å². The summed E-state index contributed by atoms with van der Waals surface area (Å²) < 4.78 is 0. The molecular formula is C28H33N5O5. The van der Waals surface area contributed by atoms with Crippen molar-refractivity contribution in [3.8, 4) is 0 Å². The van der Waals surface area contributed by atoms with Crippen molar-refractivity contribution in [1.82, 2.24) is 14.7 Å². The highest BCUT2D eigenvalue weighted by Gasteiger charge is 2.54. The molecule has 10 heteroatoms. The third-order valence-corrected chi connectivity index (χ3v) is 8.25. The van der Waals surface area contributed by atoms with Crippen molar-refractivity contribution in [2.45, 2.75) is 38.1 Å². The van der Waals surface area contributed by atoms with E-state index in [1.54, 1.807) is 9.80 Å². The zero-order valence-electron chi connectivity index (χ0n) is 21.6. The maximum Gasteiger partial charge on any atom is 0.269 e. The minimum absolute atomic E-state index is 0.0129. The van der Waals surface area contributed by atoms with Crippen LogP contribution in [-0.2, 0) is 9.59 Å². The minimum atomic E-state index is -0.829. The summed E-state index contributed by atoms with van der Waals surface area (Å²) in [5.74, 6) is 0.324. The van der Waals surface area contributed by atoms with Gasteiger partial charge in [-0.2, -0.15) is 0 Å². The Morgan fingerprint density at radius 1 is 0.947 bits per heavy atom. The van der Waals surface area contributed by atoms with E-state index >= 15 is 0 Å². The van der Waals surface area contributed by atoms with Gasteiger partial charge in [-0.3, -0.25) is 24.5 Å². The lowest BCUT2D eigenvalue weighted by molar-refractivity contribution is -0.384. The molecule has 1 spiro atoms. The number of amides is 3. The summed E-state index contributed by atoms with van der Waals surface area (Å²) >= 11 is 0. The molecule has 0 atom stereocenters. The van der Waals surface area contributed by atoms with Crippen LogP contribution in [0, 0.1) is 16.0 Å². The van der Waals surface area contributed by atoms with E-state index < -0.39 is 10.5 Å². The monoisotopic (exact) mass is 519 g/mol. The molecule has 0 unspecified atom stereocenters. The van der Waals surface area contributed by atoms with Gasteiger partial charge in [0.15, 0.2) is 0 Å². The van der Waals surface area contributed by atoms with Crippen molar-refractivity contribution in [1.29, 1.82) is 0 Å². The van der Waals surface area contributed by atoms with Crippen LogP contribution in [0.3, 0.4) is 0 Å². The number of non-ortho nitro benzene ring substituents is 1. The average molecular weight is 520 g/mol. The molecule has 0 bridgehead atoms. The molecule has 2 aromatic rings. The first-order valence-electron chi connectivity index (χ1n) is 13.2. The number of likely N-dealkylation sites (tertiary alicyclic amines) is 2. The van der Waals surface area contributed by atoms with Crippen LogP contribution >= 0.6 is 0 Å². The predicted octanol–water partition coefficient (Wildman–Crippen LogP) is 3.13. The van der Waals surface area contributed by atoms with E-state index in [2.05, 4.69) is 11.8 Å². The van der Waals surface area contributed by atoms with Gasteiger partial charge < -0.3 is 19.6 Å². The van der Waals surface area contributed by atoms with Crippen LogP contribution in [0.25, 0.3) is 0 Å². The smallest absolute Gasteiger partial charge is 0.269 e. The van der Waals surface area contributed by atoms with Crippen LogP contribution in [0.5, 0.6) is 0 Å². The molecule has 3 aliphatic rings. The summed E-state index contributed by atoms with van der Waals surface area (Å²) in [6.45, 7) is 4.79. The molecule has 3 aliphatic heterocycles. The van der Waals surface area contributed by atoms with Gasteiger partial charge in [-0.25, -0.2) is 0 Å². The van der Waals surface area contributed by atoms with Gasteiger partial charge in [0.05, 0.1) is 11.6 Å². The topological polar surface area (TPSA) is 107 Å². The summed E-state index contributed by atoms with van der Waals surface area (Å²) in [5, 5.41) is 10.9. The predicted molar refractivity (Wildman–Crippen MR) is 141 cm³/mol. The lowest BCUT2D eigenvalue weighted by atomic mass is 9.85. The summed E-state index contributed by atoms with van der Waals surface area (Å²) in [7, 11) is 0. The first-order chi connectivity index (χ1) is 18.3. The van der Waals surface area contributed by atoms with Crippen LogP contribution in [-0.4, -0.2) is 82.3 Å². The van der Waals surface area contributed by atoms with Crippen molar-refractivity contribution >= 4 is 29.1 Å². The quantitative estimate of drug-likeness (QED) is 0.444. The lowest BCUT2D eigenvalue weighted by Crippen LogP contribution is -2.57. The average Bonchev–Trinajstić information content (AvgIpc) is 3.20. The number of para-hydroxylation sites is 1. The van der Waals surface area contributed by atoms with Gasteiger partial charge in [-0.1, -0.05) is 25.1 Å². The van der Waals surface area contributed by atoms with Crippen molar-refractivity contribution in [2.24, 2.45) is 5.92 Å². The zero-order valence-corrected chi connectivity index (χ0v) is 21.6. The number of rotatable bonds is 5. The highest BCUT2D eigenvalue weighted by Crippen LogP contribution is 2.39. The van der Waals surface area contributed by atoms with E-state index in [9.17, 15) is 24.5 Å². The van der Waals surface area contributed by atoms with Gasteiger partial charge in [0.25, 0.3) is 17.5 Å². The van der Waals surface area contributed by atoms with E-state index in [4.69, 9.17) is 0 Å². The second kappa shape index (κ2) is 10.4.